The Kier molecular flexibility index (Phi) is 7.77. The SMILES string of the molecule is CCCCCCNNN. The first-order chi connectivity index (χ1) is 4.41. The molecule has 9 heavy (non-hydrogen) atoms. The van der Waals surface area contributed by atoms with Crippen molar-refractivity contribution in [1.29, 1.82) is 0 Å². The second kappa shape index (κ2) is 7.88. The van der Waals surface area contributed by atoms with E-state index in [1.165, 1.54) is 25.7 Å². The zero-order valence-electron chi connectivity index (χ0n) is 6.11. The average Bonchev–Trinajstić information content (AvgIpc) is 1.89. The Morgan fingerprint density at radius 3 is 2.56 bits per heavy atom. The Bertz CT molecular complexity index is 41.6. The number of unbranched alkanes of at least 4 members (excludes halogenated alkanes) is 3. The van der Waals surface area contributed by atoms with Crippen LogP contribution in [0.4, 0.5) is 0 Å². The smallest absolute Gasteiger partial charge is 0.0113 e. The molecule has 0 saturated carbocycles. The Hall–Kier alpha value is -0.120. The third-order valence-electron chi connectivity index (χ3n) is 1.26. The van der Waals surface area contributed by atoms with Crippen LogP contribution in [0.2, 0.25) is 0 Å². The van der Waals surface area contributed by atoms with Crippen molar-refractivity contribution >= 4 is 0 Å². The maximum absolute atomic E-state index is 4.98. The summed E-state index contributed by atoms with van der Waals surface area (Å²) >= 11 is 0. The fraction of sp³-hybridized carbons (Fsp3) is 1.00. The van der Waals surface area contributed by atoms with E-state index in [9.17, 15) is 0 Å². The Balaban J connectivity index is 2.60. The number of nitrogens with one attached hydrogen (secondary N) is 2. The summed E-state index contributed by atoms with van der Waals surface area (Å²) in [6.07, 6.45) is 5.12. The van der Waals surface area contributed by atoms with Crippen molar-refractivity contribution in [2.75, 3.05) is 6.54 Å². The Morgan fingerprint density at radius 2 is 2.00 bits per heavy atom. The quantitative estimate of drug-likeness (QED) is 0.280. The van der Waals surface area contributed by atoms with Crippen LogP contribution in [0.15, 0.2) is 0 Å². The summed E-state index contributed by atoms with van der Waals surface area (Å²) < 4.78 is 0. The first-order valence-electron chi connectivity index (χ1n) is 3.60. The van der Waals surface area contributed by atoms with E-state index in [0.29, 0.717) is 0 Å². The van der Waals surface area contributed by atoms with E-state index in [-0.39, 0.29) is 0 Å². The predicted molar refractivity (Wildman–Crippen MR) is 39.5 cm³/mol. The van der Waals surface area contributed by atoms with Gasteiger partial charge in [0.2, 0.25) is 0 Å². The molecule has 0 heterocycles. The average molecular weight is 131 g/mol. The lowest BCUT2D eigenvalue weighted by atomic mass is 10.2. The van der Waals surface area contributed by atoms with Gasteiger partial charge in [-0.3, -0.25) is 5.84 Å². The molecular weight excluding hydrogens is 114 g/mol. The van der Waals surface area contributed by atoms with Crippen LogP contribution < -0.4 is 16.8 Å². The van der Waals surface area contributed by atoms with Gasteiger partial charge in [-0.25, -0.2) is 5.43 Å². The predicted octanol–water partition coefficient (Wildman–Crippen LogP) is 0.535. The Labute approximate surface area is 56.9 Å². The number of rotatable bonds is 6. The van der Waals surface area contributed by atoms with E-state index < -0.39 is 0 Å². The molecule has 0 saturated heterocycles. The highest BCUT2D eigenvalue weighted by Gasteiger charge is 1.84. The molecule has 3 heteroatoms. The maximum atomic E-state index is 4.98. The molecule has 0 atom stereocenters. The van der Waals surface area contributed by atoms with Crippen molar-refractivity contribution in [2.24, 2.45) is 5.84 Å². The minimum atomic E-state index is 0.969. The molecule has 0 spiro atoms. The van der Waals surface area contributed by atoms with Crippen LogP contribution in [-0.4, -0.2) is 6.54 Å². The number of hydrazine groups is 2. The minimum Gasteiger partial charge on any atom is -0.258 e. The van der Waals surface area contributed by atoms with Crippen LogP contribution in [-0.2, 0) is 0 Å². The number of hydrogen-bond donors (Lipinski definition) is 3. The number of hydrogen-bond acceptors (Lipinski definition) is 3. The van der Waals surface area contributed by atoms with Crippen LogP contribution in [0.1, 0.15) is 32.6 Å². The molecule has 0 aliphatic rings. The second-order valence-corrected chi connectivity index (χ2v) is 2.13. The van der Waals surface area contributed by atoms with Gasteiger partial charge in [0.1, 0.15) is 0 Å². The molecule has 4 N–H and O–H groups in total. The topological polar surface area (TPSA) is 50.1 Å². The van der Waals surface area contributed by atoms with Crippen molar-refractivity contribution in [3.63, 3.8) is 0 Å². The van der Waals surface area contributed by atoms with E-state index in [0.717, 1.165) is 6.54 Å². The normalized spacial score (nSPS) is 10.0. The van der Waals surface area contributed by atoms with E-state index in [4.69, 9.17) is 5.84 Å². The first-order valence-corrected chi connectivity index (χ1v) is 3.60. The highest BCUT2D eigenvalue weighted by Crippen LogP contribution is 1.96. The van der Waals surface area contributed by atoms with Crippen LogP contribution >= 0.6 is 0 Å². The lowest BCUT2D eigenvalue weighted by Crippen LogP contribution is -2.38. The lowest BCUT2D eigenvalue weighted by Gasteiger charge is -1.99. The summed E-state index contributed by atoms with van der Waals surface area (Å²) in [7, 11) is 0. The van der Waals surface area contributed by atoms with Gasteiger partial charge < -0.3 is 0 Å². The first kappa shape index (κ1) is 8.88. The molecule has 0 amide bonds. The van der Waals surface area contributed by atoms with Crippen LogP contribution in [0.25, 0.3) is 0 Å². The maximum Gasteiger partial charge on any atom is 0.0113 e. The summed E-state index contributed by atoms with van der Waals surface area (Å²) in [5.41, 5.74) is 5.23. The highest BCUT2D eigenvalue weighted by molar-refractivity contribution is 4.41. The van der Waals surface area contributed by atoms with E-state index in [2.05, 4.69) is 17.9 Å². The molecular formula is C6H17N3. The molecule has 56 valence electrons. The second-order valence-electron chi connectivity index (χ2n) is 2.13. The van der Waals surface area contributed by atoms with Gasteiger partial charge in [0.15, 0.2) is 0 Å². The monoisotopic (exact) mass is 131 g/mol. The summed E-state index contributed by atoms with van der Waals surface area (Å²) in [6.45, 7) is 3.17. The standard InChI is InChI=1S/C6H17N3/c1-2-3-4-5-6-8-9-7/h8-9H,2-7H2,1H3. The van der Waals surface area contributed by atoms with Gasteiger partial charge in [0.05, 0.1) is 0 Å². The summed E-state index contributed by atoms with van der Waals surface area (Å²) in [4.78, 5) is 0. The zero-order chi connectivity index (χ0) is 6.95. The largest absolute Gasteiger partial charge is 0.258 e. The molecule has 0 radical (unpaired) electrons. The molecule has 0 aliphatic heterocycles. The highest BCUT2D eigenvalue weighted by atomic mass is 15.5. The number of nitrogens with two attached hydrogens (primary N) is 1. The molecule has 0 aromatic carbocycles. The van der Waals surface area contributed by atoms with Crippen LogP contribution in [0.5, 0.6) is 0 Å². The van der Waals surface area contributed by atoms with Gasteiger partial charge >= 0.3 is 0 Å². The van der Waals surface area contributed by atoms with E-state index in [1.54, 1.807) is 0 Å². The molecule has 0 fully saturated rings. The summed E-state index contributed by atoms with van der Waals surface area (Å²) in [6, 6.07) is 0. The third-order valence-corrected chi connectivity index (χ3v) is 1.26. The van der Waals surface area contributed by atoms with Gasteiger partial charge in [-0.1, -0.05) is 26.2 Å². The minimum absolute atomic E-state index is 0.969. The van der Waals surface area contributed by atoms with Crippen LogP contribution in [0, 0.1) is 0 Å². The molecule has 0 aromatic heterocycles. The van der Waals surface area contributed by atoms with Crippen molar-refractivity contribution in [2.45, 2.75) is 32.6 Å². The van der Waals surface area contributed by atoms with Crippen molar-refractivity contribution in [1.82, 2.24) is 11.0 Å². The van der Waals surface area contributed by atoms with Crippen molar-refractivity contribution in [3.05, 3.63) is 0 Å². The van der Waals surface area contributed by atoms with E-state index >= 15 is 0 Å². The van der Waals surface area contributed by atoms with Crippen LogP contribution in [0.3, 0.4) is 0 Å². The molecule has 0 bridgehead atoms. The van der Waals surface area contributed by atoms with Gasteiger partial charge in [-0.15, -0.1) is 0 Å². The zero-order valence-corrected chi connectivity index (χ0v) is 6.11. The van der Waals surface area contributed by atoms with Gasteiger partial charge in [-0.05, 0) is 6.42 Å². The molecule has 0 aliphatic carbocycles. The molecule has 3 nitrogen and oxygen atoms in total. The Morgan fingerprint density at radius 1 is 1.22 bits per heavy atom. The van der Waals surface area contributed by atoms with Gasteiger partial charge in [0, 0.05) is 6.54 Å². The fourth-order valence-electron chi connectivity index (χ4n) is 0.712. The lowest BCUT2D eigenvalue weighted by molar-refractivity contribution is 0.520. The van der Waals surface area contributed by atoms with Gasteiger partial charge in [-0.2, -0.15) is 5.53 Å². The van der Waals surface area contributed by atoms with Crippen molar-refractivity contribution in [3.8, 4) is 0 Å². The molecule has 0 unspecified atom stereocenters. The van der Waals surface area contributed by atoms with Gasteiger partial charge in [0.25, 0.3) is 0 Å². The fourth-order valence-corrected chi connectivity index (χ4v) is 0.712. The third kappa shape index (κ3) is 7.88. The van der Waals surface area contributed by atoms with Crippen molar-refractivity contribution < 1.29 is 0 Å². The van der Waals surface area contributed by atoms with E-state index in [1.807, 2.05) is 0 Å². The summed E-state index contributed by atoms with van der Waals surface area (Å²) in [5.74, 6) is 4.98. The summed E-state index contributed by atoms with van der Waals surface area (Å²) in [5, 5.41) is 0. The molecule has 0 aromatic rings. The molecule has 0 rings (SSSR count).